The SMILES string of the molecule is C=CCNC(=O)[C@@H](C)N(Cc1ccc(F)cc1)C(=O)COc1ccccc1. The molecule has 0 aromatic heterocycles. The first-order valence-electron chi connectivity index (χ1n) is 8.61. The number of carbonyl (C=O) groups excluding carboxylic acids is 2. The van der Waals surface area contributed by atoms with Crippen LogP contribution in [-0.4, -0.2) is 35.9 Å². The van der Waals surface area contributed by atoms with Gasteiger partial charge in [0.1, 0.15) is 17.6 Å². The first-order chi connectivity index (χ1) is 13.0. The fourth-order valence-electron chi connectivity index (χ4n) is 2.43. The molecule has 0 heterocycles. The Morgan fingerprint density at radius 2 is 1.85 bits per heavy atom. The van der Waals surface area contributed by atoms with E-state index in [2.05, 4.69) is 11.9 Å². The summed E-state index contributed by atoms with van der Waals surface area (Å²) >= 11 is 0. The molecule has 27 heavy (non-hydrogen) atoms. The van der Waals surface area contributed by atoms with Crippen molar-refractivity contribution in [1.29, 1.82) is 0 Å². The molecular formula is C21H23FN2O3. The van der Waals surface area contributed by atoms with Crippen molar-refractivity contribution in [2.24, 2.45) is 0 Å². The first-order valence-corrected chi connectivity index (χ1v) is 8.61. The minimum Gasteiger partial charge on any atom is -0.484 e. The van der Waals surface area contributed by atoms with Gasteiger partial charge in [-0.1, -0.05) is 36.4 Å². The van der Waals surface area contributed by atoms with Gasteiger partial charge in [-0.25, -0.2) is 4.39 Å². The number of nitrogens with zero attached hydrogens (tertiary/aromatic N) is 1. The van der Waals surface area contributed by atoms with Gasteiger partial charge in [0.2, 0.25) is 5.91 Å². The van der Waals surface area contributed by atoms with E-state index in [1.807, 2.05) is 6.07 Å². The molecule has 2 aromatic carbocycles. The molecule has 0 unspecified atom stereocenters. The molecule has 0 aliphatic heterocycles. The molecular weight excluding hydrogens is 347 g/mol. The Hall–Kier alpha value is -3.15. The summed E-state index contributed by atoms with van der Waals surface area (Å²) in [6.07, 6.45) is 1.56. The molecule has 0 fully saturated rings. The number of nitrogens with one attached hydrogen (secondary N) is 1. The average molecular weight is 370 g/mol. The summed E-state index contributed by atoms with van der Waals surface area (Å²) in [5, 5.41) is 2.68. The minimum absolute atomic E-state index is 0.167. The van der Waals surface area contributed by atoms with Crippen LogP contribution in [0.1, 0.15) is 12.5 Å². The van der Waals surface area contributed by atoms with Crippen molar-refractivity contribution in [2.45, 2.75) is 19.5 Å². The van der Waals surface area contributed by atoms with Gasteiger partial charge in [0.05, 0.1) is 0 Å². The maximum absolute atomic E-state index is 13.1. The lowest BCUT2D eigenvalue weighted by Gasteiger charge is -2.28. The zero-order chi connectivity index (χ0) is 19.6. The summed E-state index contributed by atoms with van der Waals surface area (Å²) in [7, 11) is 0. The molecule has 6 heteroatoms. The van der Waals surface area contributed by atoms with E-state index in [0.29, 0.717) is 17.9 Å². The van der Waals surface area contributed by atoms with E-state index in [1.54, 1.807) is 49.4 Å². The number of carbonyl (C=O) groups is 2. The number of ether oxygens (including phenoxy) is 1. The number of halogens is 1. The van der Waals surface area contributed by atoms with Gasteiger partial charge in [0, 0.05) is 13.1 Å². The third-order valence-electron chi connectivity index (χ3n) is 3.96. The van der Waals surface area contributed by atoms with E-state index < -0.39 is 6.04 Å². The Kier molecular flexibility index (Phi) is 7.55. The first kappa shape index (κ1) is 20.2. The number of amides is 2. The Morgan fingerprint density at radius 3 is 2.48 bits per heavy atom. The molecule has 1 atom stereocenters. The van der Waals surface area contributed by atoms with E-state index >= 15 is 0 Å². The van der Waals surface area contributed by atoms with Crippen LogP contribution in [0.4, 0.5) is 4.39 Å². The highest BCUT2D eigenvalue weighted by Crippen LogP contribution is 2.13. The molecule has 0 aliphatic rings. The van der Waals surface area contributed by atoms with Gasteiger partial charge in [-0.2, -0.15) is 0 Å². The number of rotatable bonds is 9. The molecule has 5 nitrogen and oxygen atoms in total. The monoisotopic (exact) mass is 370 g/mol. The Morgan fingerprint density at radius 1 is 1.19 bits per heavy atom. The van der Waals surface area contributed by atoms with Crippen LogP contribution >= 0.6 is 0 Å². The topological polar surface area (TPSA) is 58.6 Å². The normalized spacial score (nSPS) is 11.3. The van der Waals surface area contributed by atoms with Crippen LogP contribution in [0.3, 0.4) is 0 Å². The molecule has 0 radical (unpaired) electrons. The molecule has 0 saturated carbocycles. The zero-order valence-electron chi connectivity index (χ0n) is 15.2. The molecule has 0 saturated heterocycles. The average Bonchev–Trinajstić information content (AvgIpc) is 2.70. The quantitative estimate of drug-likeness (QED) is 0.691. The molecule has 1 N–H and O–H groups in total. The summed E-state index contributed by atoms with van der Waals surface area (Å²) in [5.41, 5.74) is 0.716. The second-order valence-electron chi connectivity index (χ2n) is 5.96. The lowest BCUT2D eigenvalue weighted by Crippen LogP contribution is -2.49. The summed E-state index contributed by atoms with van der Waals surface area (Å²) in [6, 6.07) is 14.0. The van der Waals surface area contributed by atoms with Crippen molar-refractivity contribution in [3.05, 3.63) is 78.6 Å². The Balaban J connectivity index is 2.11. The third-order valence-corrected chi connectivity index (χ3v) is 3.96. The Bertz CT molecular complexity index is 763. The summed E-state index contributed by atoms with van der Waals surface area (Å²) in [4.78, 5) is 26.5. The lowest BCUT2D eigenvalue weighted by molar-refractivity contribution is -0.142. The highest BCUT2D eigenvalue weighted by Gasteiger charge is 2.26. The van der Waals surface area contributed by atoms with Crippen LogP contribution in [0.5, 0.6) is 5.75 Å². The smallest absolute Gasteiger partial charge is 0.261 e. The van der Waals surface area contributed by atoms with Crippen molar-refractivity contribution in [1.82, 2.24) is 10.2 Å². The zero-order valence-corrected chi connectivity index (χ0v) is 15.2. The van der Waals surface area contributed by atoms with Crippen LogP contribution in [0, 0.1) is 5.82 Å². The van der Waals surface area contributed by atoms with Gasteiger partial charge >= 0.3 is 0 Å². The number of benzene rings is 2. The standard InChI is InChI=1S/C21H23FN2O3/c1-3-13-23-21(26)16(2)24(14-17-9-11-18(22)12-10-17)20(25)15-27-19-7-5-4-6-8-19/h3-12,16H,1,13-15H2,2H3,(H,23,26)/t16-/m1/s1. The summed E-state index contributed by atoms with van der Waals surface area (Å²) < 4.78 is 18.7. The predicted octanol–water partition coefficient (Wildman–Crippen LogP) is 2.92. The molecule has 0 aliphatic carbocycles. The number of hydrogen-bond acceptors (Lipinski definition) is 3. The van der Waals surface area contributed by atoms with Crippen LogP contribution in [0.2, 0.25) is 0 Å². The molecule has 2 amide bonds. The molecule has 0 bridgehead atoms. The van der Waals surface area contributed by atoms with E-state index in [1.165, 1.54) is 17.0 Å². The fourth-order valence-corrected chi connectivity index (χ4v) is 2.43. The minimum atomic E-state index is -0.720. The third kappa shape index (κ3) is 6.26. The van der Waals surface area contributed by atoms with Crippen molar-refractivity contribution in [3.8, 4) is 5.75 Å². The van der Waals surface area contributed by atoms with Crippen molar-refractivity contribution >= 4 is 11.8 Å². The Labute approximate surface area is 158 Å². The largest absolute Gasteiger partial charge is 0.484 e. The highest BCUT2D eigenvalue weighted by atomic mass is 19.1. The van der Waals surface area contributed by atoms with Crippen molar-refractivity contribution < 1.29 is 18.7 Å². The summed E-state index contributed by atoms with van der Waals surface area (Å²) in [5.74, 6) is -0.438. The fraction of sp³-hybridized carbons (Fsp3) is 0.238. The van der Waals surface area contributed by atoms with Gasteiger partial charge in [0.25, 0.3) is 5.91 Å². The maximum atomic E-state index is 13.1. The molecule has 2 rings (SSSR count). The van der Waals surface area contributed by atoms with Gasteiger partial charge < -0.3 is 15.0 Å². The van der Waals surface area contributed by atoms with Crippen molar-refractivity contribution in [3.63, 3.8) is 0 Å². The second-order valence-corrected chi connectivity index (χ2v) is 5.96. The number of para-hydroxylation sites is 1. The van der Waals surface area contributed by atoms with Gasteiger partial charge in [-0.05, 0) is 36.8 Å². The summed E-state index contributed by atoms with van der Waals surface area (Å²) in [6.45, 7) is 5.47. The van der Waals surface area contributed by atoms with Gasteiger partial charge in [-0.15, -0.1) is 6.58 Å². The van der Waals surface area contributed by atoms with Crippen LogP contribution < -0.4 is 10.1 Å². The van der Waals surface area contributed by atoms with E-state index in [9.17, 15) is 14.0 Å². The van der Waals surface area contributed by atoms with E-state index in [-0.39, 0.29) is 30.8 Å². The molecule has 142 valence electrons. The van der Waals surface area contributed by atoms with E-state index in [4.69, 9.17) is 4.74 Å². The molecule has 2 aromatic rings. The highest BCUT2D eigenvalue weighted by molar-refractivity contribution is 5.88. The number of hydrogen-bond donors (Lipinski definition) is 1. The van der Waals surface area contributed by atoms with E-state index in [0.717, 1.165) is 0 Å². The predicted molar refractivity (Wildman–Crippen MR) is 102 cm³/mol. The van der Waals surface area contributed by atoms with Crippen LogP contribution in [0.25, 0.3) is 0 Å². The van der Waals surface area contributed by atoms with Gasteiger partial charge in [-0.3, -0.25) is 9.59 Å². The molecule has 0 spiro atoms. The van der Waals surface area contributed by atoms with Gasteiger partial charge in [0.15, 0.2) is 6.61 Å². The van der Waals surface area contributed by atoms with Crippen LogP contribution in [0.15, 0.2) is 67.3 Å². The second kappa shape index (κ2) is 10.1. The maximum Gasteiger partial charge on any atom is 0.261 e. The lowest BCUT2D eigenvalue weighted by atomic mass is 10.1. The van der Waals surface area contributed by atoms with Crippen LogP contribution in [-0.2, 0) is 16.1 Å². The van der Waals surface area contributed by atoms with Crippen molar-refractivity contribution in [2.75, 3.05) is 13.2 Å².